The van der Waals surface area contributed by atoms with Crippen molar-refractivity contribution >= 4 is 24.1 Å². The SMILES string of the molecule is CCOC(=O)CC[C@]1(F)C[C@]1(C(=O)OC)N(C(=O)OC(C)(C)C)C(=O)OC(C)(C)C. The number of carbonyl (C=O) groups is 4. The Labute approximate surface area is 176 Å². The fraction of sp³-hybridized carbons (Fsp3) is 0.800. The molecule has 9 nitrogen and oxygen atoms in total. The summed E-state index contributed by atoms with van der Waals surface area (Å²) in [5.41, 5.74) is -6.78. The van der Waals surface area contributed by atoms with E-state index >= 15 is 4.39 Å². The quantitative estimate of drug-likeness (QED) is 0.462. The highest BCUT2D eigenvalue weighted by molar-refractivity contribution is 6.00. The molecule has 2 atom stereocenters. The fourth-order valence-corrected chi connectivity index (χ4v) is 2.99. The number of hydrogen-bond donors (Lipinski definition) is 0. The van der Waals surface area contributed by atoms with Crippen molar-refractivity contribution in [3.8, 4) is 0 Å². The molecule has 10 heteroatoms. The summed E-state index contributed by atoms with van der Waals surface area (Å²) in [5.74, 6) is -1.81. The van der Waals surface area contributed by atoms with Crippen LogP contribution in [0.5, 0.6) is 0 Å². The van der Waals surface area contributed by atoms with Gasteiger partial charge in [-0.05, 0) is 54.9 Å². The summed E-state index contributed by atoms with van der Waals surface area (Å²) in [7, 11) is 1.01. The zero-order valence-corrected chi connectivity index (χ0v) is 18.9. The molecule has 0 aromatic carbocycles. The van der Waals surface area contributed by atoms with E-state index in [0.29, 0.717) is 4.90 Å². The summed E-state index contributed by atoms with van der Waals surface area (Å²) in [6.45, 7) is 11.0. The van der Waals surface area contributed by atoms with Crippen LogP contribution in [0.25, 0.3) is 0 Å². The molecule has 1 rings (SSSR count). The second kappa shape index (κ2) is 8.77. The van der Waals surface area contributed by atoms with Gasteiger partial charge in [0, 0.05) is 12.8 Å². The van der Waals surface area contributed by atoms with Crippen molar-refractivity contribution in [2.45, 2.75) is 90.1 Å². The Hall–Kier alpha value is -2.39. The third-order valence-electron chi connectivity index (χ3n) is 4.24. The van der Waals surface area contributed by atoms with Crippen LogP contribution in [0.2, 0.25) is 0 Å². The Morgan fingerprint density at radius 1 is 0.967 bits per heavy atom. The topological polar surface area (TPSA) is 108 Å². The van der Waals surface area contributed by atoms with Crippen LogP contribution in [-0.2, 0) is 28.5 Å². The van der Waals surface area contributed by atoms with E-state index < -0.39 is 59.4 Å². The van der Waals surface area contributed by atoms with E-state index in [4.69, 9.17) is 18.9 Å². The molecular weight excluding hydrogens is 401 g/mol. The number of esters is 2. The average Bonchev–Trinajstić information content (AvgIpc) is 3.16. The molecule has 1 aliphatic carbocycles. The molecule has 1 saturated carbocycles. The number of halogens is 1. The van der Waals surface area contributed by atoms with Crippen LogP contribution >= 0.6 is 0 Å². The maximum absolute atomic E-state index is 15.7. The van der Waals surface area contributed by atoms with Gasteiger partial charge in [0.1, 0.15) is 16.9 Å². The maximum Gasteiger partial charge on any atom is 0.420 e. The number of methoxy groups -OCH3 is 1. The van der Waals surface area contributed by atoms with Crippen molar-refractivity contribution < 1.29 is 42.5 Å². The van der Waals surface area contributed by atoms with Gasteiger partial charge in [0.05, 0.1) is 13.7 Å². The Kier molecular flexibility index (Phi) is 7.50. The van der Waals surface area contributed by atoms with Crippen molar-refractivity contribution in [3.63, 3.8) is 0 Å². The molecule has 0 spiro atoms. The van der Waals surface area contributed by atoms with Crippen molar-refractivity contribution in [1.82, 2.24) is 4.90 Å². The Bertz CT molecular complexity index is 668. The molecule has 0 N–H and O–H groups in total. The Balaban J connectivity index is 3.35. The van der Waals surface area contributed by atoms with Crippen molar-refractivity contribution in [1.29, 1.82) is 0 Å². The number of rotatable bonds is 6. The van der Waals surface area contributed by atoms with E-state index in [1.165, 1.54) is 0 Å². The minimum absolute atomic E-state index is 0.113. The molecule has 1 fully saturated rings. The Morgan fingerprint density at radius 2 is 1.43 bits per heavy atom. The van der Waals surface area contributed by atoms with Gasteiger partial charge in [-0.2, -0.15) is 4.90 Å². The van der Waals surface area contributed by atoms with Gasteiger partial charge < -0.3 is 18.9 Å². The van der Waals surface area contributed by atoms with Gasteiger partial charge >= 0.3 is 24.1 Å². The molecule has 172 valence electrons. The molecule has 0 radical (unpaired) electrons. The van der Waals surface area contributed by atoms with Gasteiger partial charge in [-0.15, -0.1) is 0 Å². The summed E-state index contributed by atoms with van der Waals surface area (Å²) < 4.78 is 35.7. The molecule has 0 bridgehead atoms. The van der Waals surface area contributed by atoms with Gasteiger partial charge in [-0.1, -0.05) is 0 Å². The number of amides is 2. The molecule has 0 aliphatic heterocycles. The smallest absolute Gasteiger partial charge is 0.420 e. The van der Waals surface area contributed by atoms with Crippen molar-refractivity contribution in [2.75, 3.05) is 13.7 Å². The first-order valence-corrected chi connectivity index (χ1v) is 9.72. The Morgan fingerprint density at radius 3 is 1.80 bits per heavy atom. The first kappa shape index (κ1) is 25.6. The summed E-state index contributed by atoms with van der Waals surface area (Å²) >= 11 is 0. The highest BCUT2D eigenvalue weighted by Gasteiger charge is 2.81. The largest absolute Gasteiger partial charge is 0.467 e. The lowest BCUT2D eigenvalue weighted by Gasteiger charge is -2.33. The van der Waals surface area contributed by atoms with Crippen LogP contribution in [0, 0.1) is 0 Å². The lowest BCUT2D eigenvalue weighted by molar-refractivity contribution is -0.151. The number of nitrogens with zero attached hydrogens (tertiary/aromatic N) is 1. The lowest BCUT2D eigenvalue weighted by atomic mass is 10.1. The van der Waals surface area contributed by atoms with Gasteiger partial charge in [0.2, 0.25) is 0 Å². The zero-order valence-electron chi connectivity index (χ0n) is 18.9. The van der Waals surface area contributed by atoms with E-state index in [2.05, 4.69) is 0 Å². The number of ether oxygens (including phenoxy) is 4. The molecule has 0 saturated heterocycles. The number of imide groups is 1. The predicted molar refractivity (Wildman–Crippen MR) is 103 cm³/mol. The average molecular weight is 433 g/mol. The van der Waals surface area contributed by atoms with Gasteiger partial charge in [0.15, 0.2) is 5.54 Å². The highest BCUT2D eigenvalue weighted by Crippen LogP contribution is 2.59. The molecule has 0 aromatic rings. The maximum atomic E-state index is 15.7. The number of carbonyl (C=O) groups excluding carboxylic acids is 4. The van der Waals surface area contributed by atoms with Crippen LogP contribution in [0.4, 0.5) is 14.0 Å². The summed E-state index contributed by atoms with van der Waals surface area (Å²) in [6.07, 6.45) is -3.86. The number of alkyl halides is 1. The first-order chi connectivity index (χ1) is 13.5. The molecule has 0 aromatic heterocycles. The van der Waals surface area contributed by atoms with Crippen molar-refractivity contribution in [2.24, 2.45) is 0 Å². The third-order valence-corrected chi connectivity index (χ3v) is 4.24. The highest BCUT2D eigenvalue weighted by atomic mass is 19.1. The van der Waals surface area contributed by atoms with Crippen LogP contribution in [0.1, 0.15) is 67.7 Å². The lowest BCUT2D eigenvalue weighted by Crippen LogP contribution is -2.57. The van der Waals surface area contributed by atoms with E-state index in [1.807, 2.05) is 0 Å². The number of hydrogen-bond acceptors (Lipinski definition) is 8. The van der Waals surface area contributed by atoms with Crippen LogP contribution < -0.4 is 0 Å². The van der Waals surface area contributed by atoms with E-state index in [1.54, 1.807) is 48.5 Å². The van der Waals surface area contributed by atoms with Crippen LogP contribution in [0.15, 0.2) is 0 Å². The minimum atomic E-state index is -2.40. The standard InChI is InChI=1S/C20H32FNO8/c1-9-28-13(23)10-11-19(21)12-20(19,14(24)27-8)22(15(25)29-17(2,3)4)16(26)30-18(5,6)7/h9-12H2,1-8H3/t19-,20+/m0/s1. The van der Waals surface area contributed by atoms with Crippen molar-refractivity contribution in [3.05, 3.63) is 0 Å². The molecule has 0 unspecified atom stereocenters. The molecule has 1 aliphatic rings. The summed E-state index contributed by atoms with van der Waals surface area (Å²) in [5, 5.41) is 0. The molecule has 30 heavy (non-hydrogen) atoms. The van der Waals surface area contributed by atoms with E-state index in [0.717, 1.165) is 7.11 Å². The van der Waals surface area contributed by atoms with Gasteiger partial charge in [0.25, 0.3) is 0 Å². The molecular formula is C20H32FNO8. The summed E-state index contributed by atoms with van der Waals surface area (Å²) in [4.78, 5) is 50.4. The van der Waals surface area contributed by atoms with Gasteiger partial charge in [-0.25, -0.2) is 18.8 Å². The zero-order chi connectivity index (χ0) is 23.5. The van der Waals surface area contributed by atoms with Crippen LogP contribution in [-0.4, -0.2) is 65.2 Å². The predicted octanol–water partition coefficient (Wildman–Crippen LogP) is 3.53. The third kappa shape index (κ3) is 5.82. The van der Waals surface area contributed by atoms with E-state index in [-0.39, 0.29) is 13.0 Å². The van der Waals surface area contributed by atoms with Gasteiger partial charge in [-0.3, -0.25) is 4.79 Å². The monoisotopic (exact) mass is 433 g/mol. The normalized spacial score (nSPS) is 23.2. The first-order valence-electron chi connectivity index (χ1n) is 9.72. The second-order valence-corrected chi connectivity index (χ2v) is 9.10. The van der Waals surface area contributed by atoms with Crippen LogP contribution in [0.3, 0.4) is 0 Å². The molecule has 2 amide bonds. The molecule has 0 heterocycles. The second-order valence-electron chi connectivity index (χ2n) is 9.10. The fourth-order valence-electron chi connectivity index (χ4n) is 2.99. The van der Waals surface area contributed by atoms with E-state index in [9.17, 15) is 19.2 Å². The summed E-state index contributed by atoms with van der Waals surface area (Å²) in [6, 6.07) is 0. The minimum Gasteiger partial charge on any atom is -0.467 e.